The topological polar surface area (TPSA) is 50.2 Å². The second-order valence-corrected chi connectivity index (χ2v) is 7.82. The van der Waals surface area contributed by atoms with E-state index in [1.165, 1.54) is 38.5 Å². The first kappa shape index (κ1) is 15.2. The number of aromatic nitrogens is 2. The Kier molecular flexibility index (Phi) is 3.92. The summed E-state index contributed by atoms with van der Waals surface area (Å²) in [4.78, 5) is 15.5. The van der Waals surface area contributed by atoms with E-state index in [9.17, 15) is 4.79 Å². The highest BCUT2D eigenvalue weighted by molar-refractivity contribution is 5.86. The van der Waals surface area contributed by atoms with Gasteiger partial charge in [0.1, 0.15) is 5.54 Å². The van der Waals surface area contributed by atoms with Crippen LogP contribution in [-0.4, -0.2) is 45.8 Å². The molecule has 23 heavy (non-hydrogen) atoms. The van der Waals surface area contributed by atoms with Crippen LogP contribution in [0.1, 0.15) is 51.4 Å². The van der Waals surface area contributed by atoms with E-state index in [2.05, 4.69) is 15.3 Å². The molecule has 0 atom stereocenters. The number of carbonyl (C=O) groups is 1. The number of carbonyl (C=O) groups excluding carboxylic acids is 1. The minimum Gasteiger partial charge on any atom is -0.354 e. The van der Waals surface area contributed by atoms with E-state index in [0.29, 0.717) is 5.91 Å². The molecule has 1 N–H and O–H groups in total. The molecule has 0 aromatic carbocycles. The van der Waals surface area contributed by atoms with Gasteiger partial charge in [-0.05, 0) is 57.7 Å². The molecule has 3 fully saturated rings. The molecule has 0 bridgehead atoms. The summed E-state index contributed by atoms with van der Waals surface area (Å²) in [6.45, 7) is 3.94. The van der Waals surface area contributed by atoms with Crippen molar-refractivity contribution in [2.24, 2.45) is 5.41 Å². The van der Waals surface area contributed by atoms with Crippen molar-refractivity contribution >= 4 is 5.91 Å². The first-order chi connectivity index (χ1) is 11.2. The maximum absolute atomic E-state index is 13.1. The third kappa shape index (κ3) is 2.91. The van der Waals surface area contributed by atoms with Crippen molar-refractivity contribution in [2.45, 2.75) is 63.5 Å². The minimum atomic E-state index is -0.196. The van der Waals surface area contributed by atoms with Gasteiger partial charge < -0.3 is 5.32 Å². The number of amides is 1. The number of nitrogens with zero attached hydrogens (tertiary/aromatic N) is 3. The van der Waals surface area contributed by atoms with E-state index in [1.807, 2.05) is 23.1 Å². The summed E-state index contributed by atoms with van der Waals surface area (Å²) in [5, 5.41) is 7.65. The predicted molar refractivity (Wildman–Crippen MR) is 88.9 cm³/mol. The van der Waals surface area contributed by atoms with Crippen molar-refractivity contribution in [3.8, 4) is 0 Å². The van der Waals surface area contributed by atoms with Crippen molar-refractivity contribution in [1.29, 1.82) is 0 Å². The summed E-state index contributed by atoms with van der Waals surface area (Å²) in [5.41, 5.74) is 0.0464. The van der Waals surface area contributed by atoms with E-state index in [0.717, 1.165) is 39.0 Å². The molecule has 126 valence electrons. The van der Waals surface area contributed by atoms with Gasteiger partial charge in [-0.15, -0.1) is 0 Å². The Morgan fingerprint density at radius 1 is 1.09 bits per heavy atom. The van der Waals surface area contributed by atoms with Crippen LogP contribution < -0.4 is 5.32 Å². The fraction of sp³-hybridized carbons (Fsp3) is 0.778. The minimum absolute atomic E-state index is 0.196. The summed E-state index contributed by atoms with van der Waals surface area (Å²) in [6.07, 6.45) is 13.2. The molecule has 4 rings (SSSR count). The molecular formula is C18H28N4O. The van der Waals surface area contributed by atoms with Crippen LogP contribution in [0.25, 0.3) is 0 Å². The van der Waals surface area contributed by atoms with Crippen molar-refractivity contribution in [1.82, 2.24) is 20.0 Å². The van der Waals surface area contributed by atoms with Crippen molar-refractivity contribution < 1.29 is 4.79 Å². The Labute approximate surface area is 138 Å². The zero-order chi connectivity index (χ0) is 15.8. The fourth-order valence-corrected chi connectivity index (χ4v) is 4.53. The number of rotatable bonds is 6. The number of hydrogen-bond acceptors (Lipinski definition) is 3. The van der Waals surface area contributed by atoms with Crippen molar-refractivity contribution in [3.05, 3.63) is 18.5 Å². The predicted octanol–water partition coefficient (Wildman–Crippen LogP) is 2.19. The third-order valence-electron chi connectivity index (χ3n) is 6.20. The molecule has 0 spiro atoms. The molecule has 2 heterocycles. The van der Waals surface area contributed by atoms with Gasteiger partial charge in [0.25, 0.3) is 0 Å². The van der Waals surface area contributed by atoms with Gasteiger partial charge in [-0.2, -0.15) is 5.10 Å². The van der Waals surface area contributed by atoms with Crippen molar-refractivity contribution in [3.63, 3.8) is 0 Å². The maximum atomic E-state index is 13.1. The maximum Gasteiger partial charge on any atom is 0.240 e. The molecular weight excluding hydrogens is 288 g/mol. The van der Waals surface area contributed by atoms with Crippen LogP contribution in [0.4, 0.5) is 0 Å². The van der Waals surface area contributed by atoms with Gasteiger partial charge in [-0.3, -0.25) is 14.4 Å². The van der Waals surface area contributed by atoms with Crippen LogP contribution in [0.3, 0.4) is 0 Å². The van der Waals surface area contributed by atoms with Crippen molar-refractivity contribution in [2.75, 3.05) is 19.6 Å². The average Bonchev–Trinajstić information content (AvgIpc) is 3.09. The van der Waals surface area contributed by atoms with Gasteiger partial charge in [-0.25, -0.2) is 0 Å². The zero-order valence-electron chi connectivity index (χ0n) is 14.0. The molecule has 3 aliphatic rings. The second-order valence-electron chi connectivity index (χ2n) is 7.82. The number of hydrogen-bond donors (Lipinski definition) is 1. The normalized spacial score (nSPS) is 25.6. The molecule has 2 aliphatic carbocycles. The van der Waals surface area contributed by atoms with Crippen LogP contribution >= 0.6 is 0 Å². The Hall–Kier alpha value is -1.36. The van der Waals surface area contributed by atoms with Gasteiger partial charge in [0, 0.05) is 30.9 Å². The Bertz CT molecular complexity index is 537. The summed E-state index contributed by atoms with van der Waals surface area (Å²) in [7, 11) is 0. The molecule has 5 heteroatoms. The van der Waals surface area contributed by atoms with Crippen LogP contribution in [-0.2, 0) is 11.3 Å². The number of likely N-dealkylation sites (tertiary alicyclic amines) is 1. The molecule has 1 saturated heterocycles. The number of nitrogens with one attached hydrogen (secondary N) is 1. The quantitative estimate of drug-likeness (QED) is 0.875. The van der Waals surface area contributed by atoms with E-state index in [4.69, 9.17) is 0 Å². The highest BCUT2D eigenvalue weighted by atomic mass is 16.2. The molecule has 1 aromatic heterocycles. The van der Waals surface area contributed by atoms with Gasteiger partial charge in [0.15, 0.2) is 0 Å². The molecule has 2 saturated carbocycles. The fourth-order valence-electron chi connectivity index (χ4n) is 4.53. The standard InChI is InChI=1S/C18H28N4O/c23-16(18(6-1-2-7-18)21-11-3-4-12-21)19-14-17(8-9-17)15-22-13-5-10-20-22/h5,10,13H,1-4,6-9,11-12,14-15H2,(H,19,23). The Balaban J connectivity index is 1.38. The van der Waals surface area contributed by atoms with Crippen LogP contribution in [0, 0.1) is 5.41 Å². The average molecular weight is 316 g/mol. The van der Waals surface area contributed by atoms with Crippen LogP contribution in [0.5, 0.6) is 0 Å². The van der Waals surface area contributed by atoms with E-state index in [-0.39, 0.29) is 11.0 Å². The molecule has 1 aliphatic heterocycles. The lowest BCUT2D eigenvalue weighted by Crippen LogP contribution is -2.57. The van der Waals surface area contributed by atoms with Crippen LogP contribution in [0.15, 0.2) is 18.5 Å². The lowest BCUT2D eigenvalue weighted by Gasteiger charge is -2.37. The van der Waals surface area contributed by atoms with Gasteiger partial charge in [0.2, 0.25) is 5.91 Å². The SMILES string of the molecule is O=C(NCC1(Cn2cccn2)CC1)C1(N2CCCC2)CCCC1. The lowest BCUT2D eigenvalue weighted by atomic mass is 9.93. The molecule has 0 unspecified atom stereocenters. The summed E-state index contributed by atoms with van der Waals surface area (Å²) in [5.74, 6) is 0.295. The Morgan fingerprint density at radius 3 is 2.43 bits per heavy atom. The lowest BCUT2D eigenvalue weighted by molar-refractivity contribution is -0.133. The first-order valence-electron chi connectivity index (χ1n) is 9.23. The summed E-state index contributed by atoms with van der Waals surface area (Å²) >= 11 is 0. The van der Waals surface area contributed by atoms with Crippen LogP contribution in [0.2, 0.25) is 0 Å². The zero-order valence-corrected chi connectivity index (χ0v) is 14.0. The monoisotopic (exact) mass is 316 g/mol. The summed E-state index contributed by atoms with van der Waals surface area (Å²) < 4.78 is 2.00. The van der Waals surface area contributed by atoms with Gasteiger partial charge in [0.05, 0.1) is 0 Å². The molecule has 0 radical (unpaired) electrons. The second kappa shape index (κ2) is 5.93. The van der Waals surface area contributed by atoms with E-state index >= 15 is 0 Å². The van der Waals surface area contributed by atoms with E-state index < -0.39 is 0 Å². The first-order valence-corrected chi connectivity index (χ1v) is 9.23. The largest absolute Gasteiger partial charge is 0.354 e. The molecule has 5 nitrogen and oxygen atoms in total. The molecule has 1 aromatic rings. The molecule has 1 amide bonds. The smallest absolute Gasteiger partial charge is 0.240 e. The summed E-state index contributed by atoms with van der Waals surface area (Å²) in [6, 6.07) is 1.97. The van der Waals surface area contributed by atoms with E-state index in [1.54, 1.807) is 0 Å². The Morgan fingerprint density at radius 2 is 1.83 bits per heavy atom. The highest BCUT2D eigenvalue weighted by Gasteiger charge is 2.49. The van der Waals surface area contributed by atoms with Gasteiger partial charge in [-0.1, -0.05) is 12.8 Å². The van der Waals surface area contributed by atoms with Gasteiger partial charge >= 0.3 is 0 Å². The highest BCUT2D eigenvalue weighted by Crippen LogP contribution is 2.46. The third-order valence-corrected chi connectivity index (χ3v) is 6.20.